The average Bonchev–Trinajstić information content (AvgIpc) is 3.48. The summed E-state index contributed by atoms with van der Waals surface area (Å²) in [6.07, 6.45) is 1.37. The largest absolute Gasteiger partial charge is 0.377 e. The smallest absolute Gasteiger partial charge is 0.339 e. The third-order valence-electron chi connectivity index (χ3n) is 6.29. The number of thioether (sulfide) groups is 1. The van der Waals surface area contributed by atoms with E-state index in [1.54, 1.807) is 45.9 Å². The number of nitrogens with one attached hydrogen (secondary N) is 3. The summed E-state index contributed by atoms with van der Waals surface area (Å²) in [6.45, 7) is 1.07. The minimum Gasteiger partial charge on any atom is -0.377 e. The number of aromatic amines is 1. The number of nitriles is 1. The molecule has 3 N–H and O–H groups in total. The number of hydrogen-bond acceptors (Lipinski definition) is 7. The Morgan fingerprint density at radius 1 is 1.26 bits per heavy atom. The first-order valence-electron chi connectivity index (χ1n) is 11.0. The summed E-state index contributed by atoms with van der Waals surface area (Å²) >= 11 is 7.66. The van der Waals surface area contributed by atoms with Gasteiger partial charge in [-0.25, -0.2) is 18.2 Å². The van der Waals surface area contributed by atoms with Crippen molar-refractivity contribution >= 4 is 50.3 Å². The van der Waals surface area contributed by atoms with E-state index in [0.717, 1.165) is 23.0 Å². The third-order valence-corrected chi connectivity index (χ3v) is 9.22. The summed E-state index contributed by atoms with van der Waals surface area (Å²) in [6, 6.07) is 8.26. The van der Waals surface area contributed by atoms with Gasteiger partial charge in [0.15, 0.2) is 0 Å². The molecule has 0 radical (unpaired) electrons. The highest BCUT2D eigenvalue weighted by Crippen LogP contribution is 2.29. The van der Waals surface area contributed by atoms with Gasteiger partial charge in [-0.15, -0.1) is 0 Å². The fourth-order valence-electron chi connectivity index (χ4n) is 4.50. The lowest BCUT2D eigenvalue weighted by atomic mass is 10.1. The van der Waals surface area contributed by atoms with Gasteiger partial charge in [-0.2, -0.15) is 9.57 Å². The second kappa shape index (κ2) is 9.22. The van der Waals surface area contributed by atoms with Gasteiger partial charge < -0.3 is 15.2 Å². The highest BCUT2D eigenvalue weighted by molar-refractivity contribution is 8.03. The van der Waals surface area contributed by atoms with Gasteiger partial charge in [0.05, 0.1) is 11.9 Å². The molecule has 1 aromatic carbocycles. The van der Waals surface area contributed by atoms with Crippen molar-refractivity contribution < 1.29 is 13.2 Å². The van der Waals surface area contributed by atoms with Crippen molar-refractivity contribution in [1.82, 2.24) is 29.9 Å². The number of hydrogen-bond donors (Lipinski definition) is 3. The molecule has 5 rings (SSSR count). The van der Waals surface area contributed by atoms with Gasteiger partial charge >= 0.3 is 6.03 Å². The molecular formula is C21H24ClN7O3S2. The first-order valence-corrected chi connectivity index (χ1v) is 13.8. The van der Waals surface area contributed by atoms with E-state index in [1.807, 2.05) is 0 Å². The van der Waals surface area contributed by atoms with Crippen molar-refractivity contribution in [3.05, 3.63) is 40.0 Å². The lowest BCUT2D eigenvalue weighted by molar-refractivity contribution is 0.0868. The lowest BCUT2D eigenvalue weighted by Crippen LogP contribution is -2.61. The summed E-state index contributed by atoms with van der Waals surface area (Å²) in [5.74, 6) is 0.779. The van der Waals surface area contributed by atoms with Crippen LogP contribution in [-0.4, -0.2) is 71.7 Å². The van der Waals surface area contributed by atoms with Crippen LogP contribution in [0.2, 0.25) is 5.02 Å². The maximum absolute atomic E-state index is 13.4. The molecule has 0 saturated carbocycles. The number of urea groups is 1. The van der Waals surface area contributed by atoms with E-state index in [0.29, 0.717) is 28.9 Å². The van der Waals surface area contributed by atoms with Gasteiger partial charge in [0.25, 0.3) is 10.0 Å². The quantitative estimate of drug-likeness (QED) is 0.564. The van der Waals surface area contributed by atoms with Crippen LogP contribution in [-0.2, 0) is 10.0 Å². The van der Waals surface area contributed by atoms with E-state index in [4.69, 9.17) is 16.9 Å². The van der Waals surface area contributed by atoms with Crippen molar-refractivity contribution in [3.8, 4) is 6.07 Å². The van der Waals surface area contributed by atoms with E-state index in [9.17, 15) is 13.2 Å². The zero-order chi connectivity index (χ0) is 23.9. The normalized spacial score (nSPS) is 21.2. The SMILES string of the molecule is N#CCCC1CN(S(=O)(=O)c2cc3cc(Cl)ccc3[nH]2)CCN1C(=O)N1CCC2=C(N1)SCN2. The van der Waals surface area contributed by atoms with E-state index < -0.39 is 16.1 Å². The number of fused-ring (bicyclic) bond motifs is 1. The highest BCUT2D eigenvalue weighted by atomic mass is 35.5. The Labute approximate surface area is 206 Å². The molecule has 13 heteroatoms. The number of benzene rings is 1. The van der Waals surface area contributed by atoms with Crippen molar-refractivity contribution in [2.24, 2.45) is 0 Å². The van der Waals surface area contributed by atoms with Gasteiger partial charge in [-0.05, 0) is 30.7 Å². The molecule has 180 valence electrons. The predicted octanol–water partition coefficient (Wildman–Crippen LogP) is 2.59. The molecule has 1 atom stereocenters. The van der Waals surface area contributed by atoms with Crippen LogP contribution in [0.1, 0.15) is 19.3 Å². The number of aromatic nitrogens is 1. The second-order valence-corrected chi connectivity index (χ2v) is 11.7. The van der Waals surface area contributed by atoms with Crippen LogP contribution in [0.5, 0.6) is 0 Å². The molecule has 4 heterocycles. The number of H-pyrrole nitrogens is 1. The number of rotatable bonds is 4. The number of piperazine rings is 1. The maximum atomic E-state index is 13.4. The van der Waals surface area contributed by atoms with Crippen molar-refractivity contribution in [2.75, 3.05) is 32.1 Å². The maximum Gasteiger partial charge on any atom is 0.339 e. The van der Waals surface area contributed by atoms with E-state index in [1.165, 1.54) is 4.31 Å². The fourth-order valence-corrected chi connectivity index (χ4v) is 7.07. The summed E-state index contributed by atoms with van der Waals surface area (Å²) in [4.78, 5) is 18.0. The number of nitrogens with zero attached hydrogens (tertiary/aromatic N) is 4. The molecule has 1 saturated heterocycles. The van der Waals surface area contributed by atoms with Gasteiger partial charge in [0, 0.05) is 66.7 Å². The molecule has 34 heavy (non-hydrogen) atoms. The molecular weight excluding hydrogens is 498 g/mol. The van der Waals surface area contributed by atoms with Gasteiger partial charge in [0.2, 0.25) is 0 Å². The van der Waals surface area contributed by atoms with Crippen LogP contribution in [0, 0.1) is 11.3 Å². The van der Waals surface area contributed by atoms with Crippen LogP contribution < -0.4 is 10.7 Å². The van der Waals surface area contributed by atoms with E-state index >= 15 is 0 Å². The molecule has 0 aliphatic carbocycles. The van der Waals surface area contributed by atoms with E-state index in [2.05, 4.69) is 21.8 Å². The van der Waals surface area contributed by atoms with Gasteiger partial charge in [-0.3, -0.25) is 5.43 Å². The second-order valence-electron chi connectivity index (χ2n) is 8.34. The summed E-state index contributed by atoms with van der Waals surface area (Å²) in [5, 5.41) is 16.3. The first-order chi connectivity index (χ1) is 16.4. The van der Waals surface area contributed by atoms with Crippen LogP contribution >= 0.6 is 23.4 Å². The van der Waals surface area contributed by atoms with Crippen molar-refractivity contribution in [2.45, 2.75) is 30.3 Å². The molecule has 10 nitrogen and oxygen atoms in total. The van der Waals surface area contributed by atoms with Crippen LogP contribution in [0.15, 0.2) is 40.0 Å². The Bertz CT molecular complexity index is 1300. The molecule has 0 spiro atoms. The molecule has 3 aliphatic heterocycles. The molecule has 1 fully saturated rings. The van der Waals surface area contributed by atoms with Crippen molar-refractivity contribution in [3.63, 3.8) is 0 Å². The standard InChI is InChI=1S/C21H24ClN7O3S2/c22-15-3-4-17-14(10-15)11-19(25-17)34(31,32)27-8-9-28(16(12-27)2-1-6-23)21(30)29-7-5-18-20(26-29)33-13-24-18/h3-4,10-11,16,24-26H,1-2,5,7-9,12-13H2. The highest BCUT2D eigenvalue weighted by Gasteiger charge is 2.39. The number of sulfonamides is 1. The summed E-state index contributed by atoms with van der Waals surface area (Å²) in [5.41, 5.74) is 4.98. The zero-order valence-electron chi connectivity index (χ0n) is 18.3. The Hall–Kier alpha value is -2.59. The number of amides is 2. The zero-order valence-corrected chi connectivity index (χ0v) is 20.6. The molecule has 2 amide bonds. The summed E-state index contributed by atoms with van der Waals surface area (Å²) in [7, 11) is -3.81. The van der Waals surface area contributed by atoms with Crippen LogP contribution in [0.25, 0.3) is 10.9 Å². The van der Waals surface area contributed by atoms with Gasteiger partial charge in [0.1, 0.15) is 10.1 Å². The molecule has 1 aromatic heterocycles. The Kier molecular flexibility index (Phi) is 6.28. The Balaban J connectivity index is 1.34. The number of carbonyl (C=O) groups excluding carboxylic acids is 1. The summed E-state index contributed by atoms with van der Waals surface area (Å²) < 4.78 is 28.2. The number of hydrazine groups is 1. The van der Waals surface area contributed by atoms with Gasteiger partial charge in [-0.1, -0.05) is 23.4 Å². The number of halogens is 1. The first kappa shape index (κ1) is 23.2. The lowest BCUT2D eigenvalue weighted by Gasteiger charge is -2.43. The average molecular weight is 522 g/mol. The topological polar surface area (TPSA) is 125 Å². The predicted molar refractivity (Wildman–Crippen MR) is 130 cm³/mol. The third kappa shape index (κ3) is 4.29. The fraction of sp³-hybridized carbons (Fsp3) is 0.429. The van der Waals surface area contributed by atoms with Crippen molar-refractivity contribution in [1.29, 1.82) is 5.26 Å². The molecule has 3 aliphatic rings. The van der Waals surface area contributed by atoms with Crippen LogP contribution in [0.4, 0.5) is 4.79 Å². The molecule has 0 bridgehead atoms. The molecule has 2 aromatic rings. The Morgan fingerprint density at radius 2 is 2.12 bits per heavy atom. The monoisotopic (exact) mass is 521 g/mol. The molecule has 1 unspecified atom stereocenters. The van der Waals surface area contributed by atoms with E-state index in [-0.39, 0.29) is 37.1 Å². The van der Waals surface area contributed by atoms with Crippen LogP contribution in [0.3, 0.4) is 0 Å². The minimum atomic E-state index is -3.81. The number of carbonyl (C=O) groups is 1. The Morgan fingerprint density at radius 3 is 2.94 bits per heavy atom. The minimum absolute atomic E-state index is 0.0894.